The molecule has 8 rings (SSSR count). The number of carboxylic acids is 1. The quantitative estimate of drug-likeness (QED) is 0.0167. The van der Waals surface area contributed by atoms with E-state index in [1.165, 1.54) is 10.6 Å². The van der Waals surface area contributed by atoms with Crippen molar-refractivity contribution < 1.29 is 95.8 Å². The normalized spacial score (nSPS) is 16.4. The van der Waals surface area contributed by atoms with Crippen molar-refractivity contribution >= 4 is 81.5 Å². The van der Waals surface area contributed by atoms with E-state index in [9.17, 15) is 72.5 Å². The molecule has 0 fully saturated rings. The van der Waals surface area contributed by atoms with Crippen LogP contribution in [-0.2, 0) is 113 Å². The summed E-state index contributed by atoms with van der Waals surface area (Å²) in [5.41, 5.74) is 2.01. The van der Waals surface area contributed by atoms with Crippen LogP contribution >= 0.6 is 0 Å². The number of ether oxygens (including phenoxy) is 5. The van der Waals surface area contributed by atoms with Gasteiger partial charge < -0.3 is 65.0 Å². The molecule has 0 unspecified atom stereocenters. The smallest absolute Gasteiger partial charge is 0.343 e. The topological polar surface area (TPSA) is 390 Å². The number of aryl methyl sites for hydroxylation is 1. The number of aliphatic carboxylic acids is 1. The Morgan fingerprint density at radius 1 is 0.732 bits per heavy atom. The second-order valence-electron chi connectivity index (χ2n) is 24.0. The van der Waals surface area contributed by atoms with Crippen LogP contribution in [0.2, 0.25) is 0 Å². The predicted molar refractivity (Wildman–Crippen MR) is 341 cm³/mol. The number of rotatable bonds is 41. The SMILES string of the molecule is CC[C@@]1(O)C(=O)OCc2c1cc1n(c2=O)Cc2c-1nc1cc(F)c(C)c3c1c2[C@@H](NC(=O)CCCNC(=O)CCC(=O)[C@H](Cc1ccccc1)NC(=O)CCC(=O)CNC(=O)[C@H](CC(=O)O)CC(=O)CCOCCOCCOCCOCCNC(=O)CCN1C(=O)C=CC1=O)CC3. The van der Waals surface area contributed by atoms with E-state index in [2.05, 4.69) is 26.6 Å². The third-order valence-corrected chi connectivity index (χ3v) is 17.3. The van der Waals surface area contributed by atoms with Crippen molar-refractivity contribution in [3.05, 3.63) is 110 Å². The lowest BCUT2D eigenvalue weighted by Gasteiger charge is -2.31. The Hall–Kier alpha value is -9.29. The minimum Gasteiger partial charge on any atom is -0.481 e. The number of aliphatic hydroxyl groups is 1. The Morgan fingerprint density at radius 2 is 1.39 bits per heavy atom. The van der Waals surface area contributed by atoms with Gasteiger partial charge in [-0.2, -0.15) is 0 Å². The van der Waals surface area contributed by atoms with Gasteiger partial charge in [0.05, 0.1) is 113 Å². The molecule has 29 heteroatoms. The molecular weight excluding hydrogens is 1270 g/mol. The van der Waals surface area contributed by atoms with Gasteiger partial charge in [0.1, 0.15) is 18.2 Å². The lowest BCUT2D eigenvalue weighted by Crippen LogP contribution is -2.44. The highest BCUT2D eigenvalue weighted by Gasteiger charge is 2.46. The fourth-order valence-corrected chi connectivity index (χ4v) is 12.0. The molecule has 4 atom stereocenters. The number of carboxylic acid groups (broad SMARTS) is 1. The number of fused-ring (bicyclic) bond motifs is 5. The molecule has 5 heterocycles. The standard InChI is InChI=1S/C68H81FN8O20/c1-3-68(92)48-35-53-64-46(38-77(53)66(90)47(48)39-97-67(68)91)63-50(13-12-45-40(2)49(69)36-52(75-64)62(45)63)73-57(83)10-7-21-70-55(81)16-14-54(80)51(32-41-8-5-4-6-9-41)74-58(84)15-11-44(79)37-72-65(89)42(34-61(87)88)33-43(78)20-24-93-26-28-95-30-31-96-29-27-94-25-22-71-56(82)19-23-76-59(85)17-18-60(76)86/h4-6,8-9,17-18,35-36,42,50-51,92H,3,7,10-16,19-34,37-39H2,1-2H3,(H,70,81)(H,71,82)(H,72,89)(H,73,83)(H,74,84)(H,87,88)/t42-,50-,51-,68-/m0/s1. The Morgan fingerprint density at radius 3 is 2.08 bits per heavy atom. The molecular formula is C68H81FN8O20. The van der Waals surface area contributed by atoms with E-state index in [1.807, 2.05) is 0 Å². The van der Waals surface area contributed by atoms with Crippen molar-refractivity contribution in [3.63, 3.8) is 0 Å². The van der Waals surface area contributed by atoms with Crippen molar-refractivity contribution in [3.8, 4) is 11.4 Å². The molecule has 0 spiro atoms. The minimum absolute atomic E-state index is 0.00608. The maximum absolute atomic E-state index is 15.4. The number of aromatic nitrogens is 2. The van der Waals surface area contributed by atoms with Gasteiger partial charge >= 0.3 is 11.9 Å². The van der Waals surface area contributed by atoms with Crippen molar-refractivity contribution in [1.82, 2.24) is 41.0 Å². The number of hydrogen-bond acceptors (Lipinski definition) is 20. The van der Waals surface area contributed by atoms with E-state index >= 15 is 4.39 Å². The highest BCUT2D eigenvalue weighted by atomic mass is 19.1. The Balaban J connectivity index is 0.704. The van der Waals surface area contributed by atoms with Gasteiger partial charge in [-0.3, -0.25) is 62.4 Å². The Kier molecular flexibility index (Phi) is 26.6. The van der Waals surface area contributed by atoms with Crippen LogP contribution in [0.4, 0.5) is 4.39 Å². The highest BCUT2D eigenvalue weighted by molar-refractivity contribution is 6.13. The van der Waals surface area contributed by atoms with Crippen molar-refractivity contribution in [2.75, 3.05) is 79.0 Å². The van der Waals surface area contributed by atoms with E-state index < -0.39 is 113 Å². The van der Waals surface area contributed by atoms with E-state index in [1.54, 1.807) is 50.2 Å². The van der Waals surface area contributed by atoms with Crippen LogP contribution in [0.3, 0.4) is 0 Å². The lowest BCUT2D eigenvalue weighted by atomic mass is 9.81. The number of carbonyl (C=O) groups excluding carboxylic acids is 11. The summed E-state index contributed by atoms with van der Waals surface area (Å²) in [6.45, 7) is 4.34. The molecule has 1 aliphatic carbocycles. The molecule has 0 radical (unpaired) electrons. The average molecular weight is 1350 g/mol. The number of carbonyl (C=O) groups is 12. The number of pyridine rings is 2. The molecule has 2 aromatic carbocycles. The zero-order valence-corrected chi connectivity index (χ0v) is 54.2. The summed E-state index contributed by atoms with van der Waals surface area (Å²) < 4.78 is 43.9. The minimum atomic E-state index is -2.06. The number of cyclic esters (lactones) is 1. The van der Waals surface area contributed by atoms with E-state index in [-0.39, 0.29) is 173 Å². The monoisotopic (exact) mass is 1350 g/mol. The maximum atomic E-state index is 15.4. The van der Waals surface area contributed by atoms with Gasteiger partial charge in [0.25, 0.3) is 17.4 Å². The molecule has 7 amide bonds. The number of imide groups is 1. The zero-order valence-electron chi connectivity index (χ0n) is 54.2. The number of esters is 1. The molecule has 7 N–H and O–H groups in total. The molecule has 4 aliphatic rings. The number of nitrogens with one attached hydrogen (secondary N) is 5. The molecule has 0 saturated heterocycles. The molecule has 28 nitrogen and oxygen atoms in total. The highest BCUT2D eigenvalue weighted by Crippen LogP contribution is 2.46. The number of nitrogens with zero attached hydrogens (tertiary/aromatic N) is 3. The fourth-order valence-electron chi connectivity index (χ4n) is 12.0. The molecule has 97 heavy (non-hydrogen) atoms. The first-order valence-corrected chi connectivity index (χ1v) is 32.4. The van der Waals surface area contributed by atoms with Crippen LogP contribution in [0.5, 0.6) is 0 Å². The first-order valence-electron chi connectivity index (χ1n) is 32.4. The number of halogens is 1. The van der Waals surface area contributed by atoms with Crippen LogP contribution in [0.15, 0.2) is 59.4 Å². The fraction of sp³-hybridized carbons (Fsp3) is 0.500. The number of ketones is 3. The number of amides is 7. The summed E-state index contributed by atoms with van der Waals surface area (Å²) in [7, 11) is 0. The lowest BCUT2D eigenvalue weighted by molar-refractivity contribution is -0.172. The van der Waals surface area contributed by atoms with Gasteiger partial charge in [0.15, 0.2) is 17.2 Å². The van der Waals surface area contributed by atoms with Crippen LogP contribution < -0.4 is 32.1 Å². The molecule has 520 valence electrons. The van der Waals surface area contributed by atoms with Crippen LogP contribution in [0, 0.1) is 18.7 Å². The average Bonchev–Trinajstić information content (AvgIpc) is 1.61. The summed E-state index contributed by atoms with van der Waals surface area (Å²) in [6, 6.07) is 10.0. The van der Waals surface area contributed by atoms with Crippen LogP contribution in [0.25, 0.3) is 22.3 Å². The number of Topliss-reactive ketones (excluding diaryl/α,β-unsaturated/α-hetero) is 3. The Labute approximate surface area is 557 Å². The Bertz CT molecular complexity index is 3740. The second-order valence-corrected chi connectivity index (χ2v) is 24.0. The summed E-state index contributed by atoms with van der Waals surface area (Å²) in [4.78, 5) is 172. The van der Waals surface area contributed by atoms with E-state index in [4.69, 9.17) is 28.7 Å². The van der Waals surface area contributed by atoms with Gasteiger partial charge in [-0.15, -0.1) is 0 Å². The number of benzene rings is 2. The molecule has 2 aromatic heterocycles. The van der Waals surface area contributed by atoms with Gasteiger partial charge in [-0.25, -0.2) is 14.2 Å². The van der Waals surface area contributed by atoms with Crippen LogP contribution in [-0.4, -0.2) is 180 Å². The van der Waals surface area contributed by atoms with Crippen molar-refractivity contribution in [2.45, 2.75) is 135 Å². The third kappa shape index (κ3) is 19.7. The summed E-state index contributed by atoms with van der Waals surface area (Å²) in [5, 5.41) is 35.1. The molecule has 4 aromatic rings. The second kappa shape index (κ2) is 35.1. The zero-order chi connectivity index (χ0) is 69.8. The predicted octanol–water partition coefficient (Wildman–Crippen LogP) is 2.01. The summed E-state index contributed by atoms with van der Waals surface area (Å²) in [5.74, 6) is -9.02. The van der Waals surface area contributed by atoms with Gasteiger partial charge in [-0.1, -0.05) is 37.3 Å². The van der Waals surface area contributed by atoms with E-state index in [0.29, 0.717) is 57.4 Å². The summed E-state index contributed by atoms with van der Waals surface area (Å²) >= 11 is 0. The number of hydrogen-bond donors (Lipinski definition) is 7. The van der Waals surface area contributed by atoms with Gasteiger partial charge in [0.2, 0.25) is 29.5 Å². The van der Waals surface area contributed by atoms with Gasteiger partial charge in [-0.05, 0) is 67.3 Å². The summed E-state index contributed by atoms with van der Waals surface area (Å²) in [6.07, 6.45) is 0.860. The first-order chi connectivity index (χ1) is 46.6. The van der Waals surface area contributed by atoms with Crippen molar-refractivity contribution in [2.24, 2.45) is 5.92 Å². The first kappa shape index (κ1) is 73.5. The van der Waals surface area contributed by atoms with Crippen LogP contribution in [0.1, 0.15) is 129 Å². The van der Waals surface area contributed by atoms with Crippen molar-refractivity contribution in [1.29, 1.82) is 0 Å². The molecule has 3 aliphatic heterocycles. The largest absolute Gasteiger partial charge is 0.481 e. The molecule has 0 saturated carbocycles. The van der Waals surface area contributed by atoms with Gasteiger partial charge in [0, 0.05) is 106 Å². The molecule has 0 bridgehead atoms. The van der Waals surface area contributed by atoms with E-state index in [0.717, 1.165) is 22.6 Å². The third-order valence-electron chi connectivity index (χ3n) is 17.3. The maximum Gasteiger partial charge on any atom is 0.343 e.